The average Bonchev–Trinajstić information content (AvgIpc) is 2.86. The van der Waals surface area contributed by atoms with Crippen molar-refractivity contribution in [1.82, 2.24) is 4.90 Å². The summed E-state index contributed by atoms with van der Waals surface area (Å²) in [6.45, 7) is 3.95. The van der Waals surface area contributed by atoms with Crippen LogP contribution in [0.15, 0.2) is 24.3 Å². The number of aldehydes is 1. The first-order valence-electron chi connectivity index (χ1n) is 7.10. The number of benzene rings is 1. The Hall–Kier alpha value is -2.17. The highest BCUT2D eigenvalue weighted by Gasteiger charge is 2.41. The maximum Gasteiger partial charge on any atom is 0.417 e. The van der Waals surface area contributed by atoms with E-state index < -0.39 is 24.0 Å². The van der Waals surface area contributed by atoms with Gasteiger partial charge in [0.2, 0.25) is 5.91 Å². The number of carbonyl (C=O) groups excluding carboxylic acids is 3. The number of ether oxygens (including phenoxy) is 1. The van der Waals surface area contributed by atoms with Crippen LogP contribution in [0.5, 0.6) is 0 Å². The van der Waals surface area contributed by atoms with Crippen LogP contribution in [0, 0.1) is 12.8 Å². The molecule has 1 aliphatic rings. The zero-order valence-electron chi connectivity index (χ0n) is 12.2. The largest absolute Gasteiger partial charge is 0.446 e. The molecular weight excluding hydrogens is 270 g/mol. The molecule has 2 rings (SSSR count). The Morgan fingerprint density at radius 2 is 2.19 bits per heavy atom. The number of amides is 2. The van der Waals surface area contributed by atoms with Gasteiger partial charge in [-0.25, -0.2) is 9.69 Å². The van der Waals surface area contributed by atoms with Crippen LogP contribution in [0.25, 0.3) is 0 Å². The molecule has 1 unspecified atom stereocenters. The third-order valence-corrected chi connectivity index (χ3v) is 3.74. The molecule has 2 atom stereocenters. The van der Waals surface area contributed by atoms with E-state index in [0.717, 1.165) is 16.0 Å². The number of imide groups is 1. The smallest absolute Gasteiger partial charge is 0.417 e. The molecule has 0 bridgehead atoms. The Bertz CT molecular complexity index is 555. The highest BCUT2D eigenvalue weighted by molar-refractivity contribution is 6.01. The van der Waals surface area contributed by atoms with Crippen molar-refractivity contribution in [3.8, 4) is 0 Å². The lowest BCUT2D eigenvalue weighted by Gasteiger charge is -2.23. The molecule has 112 valence electrons. The molecular formula is C16H19NO4. The fraction of sp³-hybridized carbons (Fsp3) is 0.438. The van der Waals surface area contributed by atoms with Gasteiger partial charge in [0.1, 0.15) is 18.9 Å². The number of aryl methyl sites for hydroxylation is 1. The molecule has 1 aliphatic heterocycles. The summed E-state index contributed by atoms with van der Waals surface area (Å²) in [5.41, 5.74) is 1.86. The molecule has 1 fully saturated rings. The lowest BCUT2D eigenvalue weighted by Crippen LogP contribution is -2.39. The van der Waals surface area contributed by atoms with Crippen LogP contribution < -0.4 is 0 Å². The number of rotatable bonds is 5. The first kappa shape index (κ1) is 15.2. The Morgan fingerprint density at radius 3 is 2.81 bits per heavy atom. The molecule has 1 heterocycles. The summed E-state index contributed by atoms with van der Waals surface area (Å²) in [4.78, 5) is 36.6. The molecule has 0 saturated carbocycles. The summed E-state index contributed by atoms with van der Waals surface area (Å²) in [7, 11) is 0. The van der Waals surface area contributed by atoms with E-state index in [2.05, 4.69) is 0 Å². The highest BCUT2D eigenvalue weighted by Crippen LogP contribution is 2.31. The molecule has 0 radical (unpaired) electrons. The van der Waals surface area contributed by atoms with Crippen molar-refractivity contribution in [2.75, 3.05) is 6.61 Å². The molecule has 21 heavy (non-hydrogen) atoms. The normalized spacial score (nSPS) is 19.2. The average molecular weight is 289 g/mol. The Balaban J connectivity index is 2.31. The van der Waals surface area contributed by atoms with Crippen LogP contribution in [0.4, 0.5) is 4.79 Å². The number of hydrogen-bond donors (Lipinski definition) is 0. The van der Waals surface area contributed by atoms with Crippen LogP contribution in [0.2, 0.25) is 0 Å². The van der Waals surface area contributed by atoms with Gasteiger partial charge in [-0.15, -0.1) is 0 Å². The van der Waals surface area contributed by atoms with Gasteiger partial charge in [0, 0.05) is 0 Å². The van der Waals surface area contributed by atoms with E-state index in [4.69, 9.17) is 4.74 Å². The summed E-state index contributed by atoms with van der Waals surface area (Å²) < 4.78 is 5.03. The zero-order valence-corrected chi connectivity index (χ0v) is 12.2. The van der Waals surface area contributed by atoms with Crippen molar-refractivity contribution >= 4 is 18.3 Å². The summed E-state index contributed by atoms with van der Waals surface area (Å²) in [6.07, 6.45) is 1.09. The fourth-order valence-electron chi connectivity index (χ4n) is 2.59. The summed E-state index contributed by atoms with van der Waals surface area (Å²) in [5.74, 6) is -1.25. The third kappa shape index (κ3) is 2.96. The molecule has 2 amide bonds. The minimum atomic E-state index is -0.785. The number of hydrogen-bond acceptors (Lipinski definition) is 4. The maximum atomic E-state index is 12.5. The van der Waals surface area contributed by atoms with Crippen molar-refractivity contribution in [2.24, 2.45) is 5.92 Å². The van der Waals surface area contributed by atoms with E-state index in [-0.39, 0.29) is 6.61 Å². The second kappa shape index (κ2) is 6.52. The molecule has 5 nitrogen and oxygen atoms in total. The van der Waals surface area contributed by atoms with E-state index in [9.17, 15) is 14.4 Å². The van der Waals surface area contributed by atoms with Crippen molar-refractivity contribution in [3.63, 3.8) is 0 Å². The molecule has 0 aromatic heterocycles. The van der Waals surface area contributed by atoms with E-state index >= 15 is 0 Å². The van der Waals surface area contributed by atoms with Gasteiger partial charge in [-0.2, -0.15) is 0 Å². The van der Waals surface area contributed by atoms with Gasteiger partial charge in [-0.05, 0) is 24.5 Å². The van der Waals surface area contributed by atoms with E-state index in [1.54, 1.807) is 0 Å². The molecule has 5 heteroatoms. The molecule has 1 aromatic rings. The minimum absolute atomic E-state index is 0.132. The minimum Gasteiger partial charge on any atom is -0.446 e. The standard InChI is InChI=1S/C16H19NO4/c1-3-6-12(9-18)15(19)17-14(10-21-16(17)20)13-8-5-4-7-11(13)2/h4-5,7-9,12,14H,3,6,10H2,1-2H3/t12?,14-/m0/s1. The highest BCUT2D eigenvalue weighted by atomic mass is 16.6. The number of cyclic esters (lactones) is 1. The van der Waals surface area contributed by atoms with E-state index in [1.807, 2.05) is 38.1 Å². The number of nitrogens with zero attached hydrogens (tertiary/aromatic N) is 1. The first-order valence-corrected chi connectivity index (χ1v) is 7.10. The third-order valence-electron chi connectivity index (χ3n) is 3.74. The SMILES string of the molecule is CCCC(C=O)C(=O)N1C(=O)OC[C@H]1c1ccccc1C. The molecule has 0 aliphatic carbocycles. The summed E-state index contributed by atoms with van der Waals surface area (Å²) in [5, 5.41) is 0. The van der Waals surface area contributed by atoms with Gasteiger partial charge in [0.15, 0.2) is 0 Å². The van der Waals surface area contributed by atoms with Crippen LogP contribution in [-0.2, 0) is 14.3 Å². The predicted octanol–water partition coefficient (Wildman–Crippen LogP) is 2.63. The monoisotopic (exact) mass is 289 g/mol. The predicted molar refractivity (Wildman–Crippen MR) is 76.6 cm³/mol. The van der Waals surface area contributed by atoms with E-state index in [0.29, 0.717) is 19.1 Å². The van der Waals surface area contributed by atoms with Crippen molar-refractivity contribution in [3.05, 3.63) is 35.4 Å². The molecule has 1 aromatic carbocycles. The lowest BCUT2D eigenvalue weighted by atomic mass is 9.98. The topological polar surface area (TPSA) is 63.7 Å². The first-order chi connectivity index (χ1) is 10.1. The molecule has 1 saturated heterocycles. The zero-order chi connectivity index (χ0) is 15.4. The summed E-state index contributed by atoms with van der Waals surface area (Å²) >= 11 is 0. The Kier molecular flexibility index (Phi) is 4.73. The summed E-state index contributed by atoms with van der Waals surface area (Å²) in [6, 6.07) is 7.10. The van der Waals surface area contributed by atoms with Crippen LogP contribution in [0.1, 0.15) is 36.9 Å². The second-order valence-electron chi connectivity index (χ2n) is 5.19. The Morgan fingerprint density at radius 1 is 1.48 bits per heavy atom. The van der Waals surface area contributed by atoms with Crippen molar-refractivity contribution in [2.45, 2.75) is 32.7 Å². The van der Waals surface area contributed by atoms with Gasteiger partial charge in [-0.3, -0.25) is 4.79 Å². The maximum absolute atomic E-state index is 12.5. The quantitative estimate of drug-likeness (QED) is 0.617. The van der Waals surface area contributed by atoms with Crippen molar-refractivity contribution in [1.29, 1.82) is 0 Å². The lowest BCUT2D eigenvalue weighted by molar-refractivity contribution is -0.136. The van der Waals surface area contributed by atoms with Gasteiger partial charge in [0.05, 0.1) is 5.92 Å². The number of carbonyl (C=O) groups is 3. The van der Waals surface area contributed by atoms with Crippen LogP contribution >= 0.6 is 0 Å². The van der Waals surface area contributed by atoms with Crippen molar-refractivity contribution < 1.29 is 19.1 Å². The van der Waals surface area contributed by atoms with Gasteiger partial charge in [-0.1, -0.05) is 37.6 Å². The fourth-order valence-corrected chi connectivity index (χ4v) is 2.59. The van der Waals surface area contributed by atoms with Gasteiger partial charge in [0.25, 0.3) is 0 Å². The van der Waals surface area contributed by atoms with Crippen LogP contribution in [-0.4, -0.2) is 29.8 Å². The van der Waals surface area contributed by atoms with E-state index in [1.165, 1.54) is 0 Å². The molecule has 0 N–H and O–H groups in total. The second-order valence-corrected chi connectivity index (χ2v) is 5.19. The van der Waals surface area contributed by atoms with Crippen LogP contribution in [0.3, 0.4) is 0 Å². The van der Waals surface area contributed by atoms with Gasteiger partial charge < -0.3 is 9.53 Å². The Labute approximate surface area is 123 Å². The molecule has 0 spiro atoms. The van der Waals surface area contributed by atoms with Gasteiger partial charge >= 0.3 is 6.09 Å².